The molecule has 0 bridgehead atoms. The number of hydrogen-bond donors (Lipinski definition) is 2. The van der Waals surface area contributed by atoms with E-state index in [9.17, 15) is 4.79 Å². The summed E-state index contributed by atoms with van der Waals surface area (Å²) >= 11 is 0. The van der Waals surface area contributed by atoms with Crippen LogP contribution in [0.15, 0.2) is 36.4 Å². The first-order valence-corrected chi connectivity index (χ1v) is 7.35. The van der Waals surface area contributed by atoms with Crippen LogP contribution in [0.25, 0.3) is 0 Å². The zero-order chi connectivity index (χ0) is 16.9. The monoisotopic (exact) mass is 330 g/mol. The van der Waals surface area contributed by atoms with Gasteiger partial charge in [-0.3, -0.25) is 4.79 Å². The van der Waals surface area contributed by atoms with E-state index in [1.807, 2.05) is 6.07 Å². The fraction of sp³-hybridized carbons (Fsp3) is 0.235. The number of nitrogens with one attached hydrogen (secondary N) is 2. The maximum Gasteiger partial charge on any atom is 0.243 e. The van der Waals surface area contributed by atoms with E-state index >= 15 is 0 Å². The van der Waals surface area contributed by atoms with Crippen LogP contribution in [0.1, 0.15) is 0 Å². The Balaban J connectivity index is 1.58. The van der Waals surface area contributed by atoms with Crippen molar-refractivity contribution >= 4 is 17.3 Å². The molecule has 0 fully saturated rings. The molecule has 7 heteroatoms. The van der Waals surface area contributed by atoms with Crippen molar-refractivity contribution in [3.63, 3.8) is 0 Å². The maximum absolute atomic E-state index is 12.1. The molecule has 0 spiro atoms. The normalized spacial score (nSPS) is 11.8. The molecule has 0 aliphatic carbocycles. The molecule has 24 heavy (non-hydrogen) atoms. The van der Waals surface area contributed by atoms with Crippen LogP contribution < -0.4 is 29.6 Å². The van der Waals surface area contributed by atoms with E-state index in [1.54, 1.807) is 44.6 Å². The molecule has 0 radical (unpaired) electrons. The van der Waals surface area contributed by atoms with Gasteiger partial charge in [-0.05, 0) is 24.3 Å². The van der Waals surface area contributed by atoms with Gasteiger partial charge in [0.25, 0.3) is 0 Å². The van der Waals surface area contributed by atoms with Crippen molar-refractivity contribution in [2.24, 2.45) is 0 Å². The number of anilines is 2. The van der Waals surface area contributed by atoms with Gasteiger partial charge in [-0.1, -0.05) is 0 Å². The van der Waals surface area contributed by atoms with Gasteiger partial charge in [-0.25, -0.2) is 0 Å². The highest BCUT2D eigenvalue weighted by molar-refractivity contribution is 5.94. The Labute approximate surface area is 139 Å². The molecule has 7 nitrogen and oxygen atoms in total. The molecule has 0 aromatic heterocycles. The van der Waals surface area contributed by atoms with Gasteiger partial charge in [-0.2, -0.15) is 0 Å². The van der Waals surface area contributed by atoms with E-state index in [2.05, 4.69) is 10.6 Å². The number of amides is 1. The predicted octanol–water partition coefficient (Wildman–Crippen LogP) is 2.48. The van der Waals surface area contributed by atoms with E-state index in [4.69, 9.17) is 18.9 Å². The topological polar surface area (TPSA) is 78.1 Å². The van der Waals surface area contributed by atoms with Crippen molar-refractivity contribution in [2.75, 3.05) is 38.2 Å². The number of rotatable bonds is 6. The minimum atomic E-state index is -0.181. The third kappa shape index (κ3) is 3.45. The van der Waals surface area contributed by atoms with Crippen molar-refractivity contribution in [1.82, 2.24) is 0 Å². The first-order valence-electron chi connectivity index (χ1n) is 7.35. The standard InChI is InChI=1S/C17H18N2O5/c1-21-13-5-4-12(8-15(13)22-2)19-17(20)9-18-11-3-6-14-16(7-11)24-10-23-14/h3-8,18H,9-10H2,1-2H3,(H,19,20). The lowest BCUT2D eigenvalue weighted by Crippen LogP contribution is -2.21. The number of carbonyl (C=O) groups excluding carboxylic acids is 1. The molecule has 1 amide bonds. The van der Waals surface area contributed by atoms with Crippen molar-refractivity contribution < 1.29 is 23.7 Å². The molecular weight excluding hydrogens is 312 g/mol. The Morgan fingerprint density at radius 1 is 1.00 bits per heavy atom. The molecule has 3 rings (SSSR count). The molecule has 2 aromatic carbocycles. The average Bonchev–Trinajstić information content (AvgIpc) is 3.07. The van der Waals surface area contributed by atoms with Crippen LogP contribution in [0.2, 0.25) is 0 Å². The molecule has 126 valence electrons. The average molecular weight is 330 g/mol. The highest BCUT2D eigenvalue weighted by Crippen LogP contribution is 2.34. The highest BCUT2D eigenvalue weighted by Gasteiger charge is 2.13. The largest absolute Gasteiger partial charge is 0.493 e. The number of carbonyl (C=O) groups is 1. The summed E-state index contributed by atoms with van der Waals surface area (Å²) in [5.41, 5.74) is 1.41. The molecular formula is C17H18N2O5. The molecule has 0 saturated carbocycles. The van der Waals surface area contributed by atoms with Gasteiger partial charge in [0.05, 0.1) is 20.8 Å². The van der Waals surface area contributed by atoms with E-state index in [1.165, 1.54) is 0 Å². The first-order chi connectivity index (χ1) is 11.7. The maximum atomic E-state index is 12.1. The highest BCUT2D eigenvalue weighted by atomic mass is 16.7. The van der Waals surface area contributed by atoms with E-state index in [0.29, 0.717) is 28.7 Å². The molecule has 0 unspecified atom stereocenters. The van der Waals surface area contributed by atoms with Gasteiger partial charge in [-0.15, -0.1) is 0 Å². The second kappa shape index (κ2) is 6.99. The van der Waals surface area contributed by atoms with E-state index in [0.717, 1.165) is 5.69 Å². The number of hydrogen-bond acceptors (Lipinski definition) is 6. The van der Waals surface area contributed by atoms with Crippen LogP contribution >= 0.6 is 0 Å². The summed E-state index contributed by atoms with van der Waals surface area (Å²) in [6.07, 6.45) is 0. The zero-order valence-electron chi connectivity index (χ0n) is 13.4. The summed E-state index contributed by atoms with van der Waals surface area (Å²) in [7, 11) is 3.11. The van der Waals surface area contributed by atoms with Gasteiger partial charge in [0.15, 0.2) is 23.0 Å². The number of fused-ring (bicyclic) bond motifs is 1. The lowest BCUT2D eigenvalue weighted by atomic mass is 10.2. The number of benzene rings is 2. The van der Waals surface area contributed by atoms with Crippen LogP contribution in [0.5, 0.6) is 23.0 Å². The predicted molar refractivity (Wildman–Crippen MR) is 89.2 cm³/mol. The van der Waals surface area contributed by atoms with Gasteiger partial charge >= 0.3 is 0 Å². The SMILES string of the molecule is COc1ccc(NC(=O)CNc2ccc3c(c2)OCO3)cc1OC. The molecule has 2 N–H and O–H groups in total. The van der Waals surface area contributed by atoms with Gasteiger partial charge < -0.3 is 29.6 Å². The first kappa shape index (κ1) is 15.8. The third-order valence-corrected chi connectivity index (χ3v) is 3.49. The van der Waals surface area contributed by atoms with Crippen molar-refractivity contribution in [3.8, 4) is 23.0 Å². The molecule has 1 aliphatic heterocycles. The Bertz CT molecular complexity index is 748. The van der Waals surface area contributed by atoms with Gasteiger partial charge in [0.2, 0.25) is 12.7 Å². The molecule has 0 saturated heterocycles. The lowest BCUT2D eigenvalue weighted by Gasteiger charge is -2.11. The van der Waals surface area contributed by atoms with E-state index < -0.39 is 0 Å². The van der Waals surface area contributed by atoms with Crippen molar-refractivity contribution in [1.29, 1.82) is 0 Å². The van der Waals surface area contributed by atoms with Crippen LogP contribution in [-0.2, 0) is 4.79 Å². The third-order valence-electron chi connectivity index (χ3n) is 3.49. The van der Waals surface area contributed by atoms with Crippen LogP contribution in [0.4, 0.5) is 11.4 Å². The minimum absolute atomic E-state index is 0.119. The molecule has 1 heterocycles. The fourth-order valence-corrected chi connectivity index (χ4v) is 2.31. The summed E-state index contributed by atoms with van der Waals surface area (Å²) in [6, 6.07) is 10.6. The zero-order valence-corrected chi connectivity index (χ0v) is 13.4. The quantitative estimate of drug-likeness (QED) is 0.847. The lowest BCUT2D eigenvalue weighted by molar-refractivity contribution is -0.114. The number of methoxy groups -OCH3 is 2. The van der Waals surface area contributed by atoms with Gasteiger partial charge in [0, 0.05) is 23.5 Å². The Hall–Kier alpha value is -3.09. The molecule has 2 aromatic rings. The molecule has 0 atom stereocenters. The Morgan fingerprint density at radius 2 is 1.75 bits per heavy atom. The van der Waals surface area contributed by atoms with Gasteiger partial charge in [0.1, 0.15) is 0 Å². The second-order valence-corrected chi connectivity index (χ2v) is 5.04. The van der Waals surface area contributed by atoms with Crippen LogP contribution in [-0.4, -0.2) is 33.5 Å². The summed E-state index contributed by atoms with van der Waals surface area (Å²) in [5.74, 6) is 2.35. The van der Waals surface area contributed by atoms with E-state index in [-0.39, 0.29) is 19.2 Å². The van der Waals surface area contributed by atoms with Crippen LogP contribution in [0, 0.1) is 0 Å². The fourth-order valence-electron chi connectivity index (χ4n) is 2.31. The summed E-state index contributed by atoms with van der Waals surface area (Å²) in [6.45, 7) is 0.340. The second-order valence-electron chi connectivity index (χ2n) is 5.04. The molecule has 1 aliphatic rings. The minimum Gasteiger partial charge on any atom is -0.493 e. The smallest absolute Gasteiger partial charge is 0.243 e. The summed E-state index contributed by atoms with van der Waals surface area (Å²) < 4.78 is 20.9. The summed E-state index contributed by atoms with van der Waals surface area (Å²) in [4.78, 5) is 12.1. The van der Waals surface area contributed by atoms with Crippen molar-refractivity contribution in [3.05, 3.63) is 36.4 Å². The summed E-state index contributed by atoms with van der Waals surface area (Å²) in [5, 5.41) is 5.84. The Morgan fingerprint density at radius 3 is 2.54 bits per heavy atom. The Kier molecular flexibility index (Phi) is 4.60. The van der Waals surface area contributed by atoms with Crippen molar-refractivity contribution in [2.45, 2.75) is 0 Å². The number of ether oxygens (including phenoxy) is 4. The van der Waals surface area contributed by atoms with Crippen LogP contribution in [0.3, 0.4) is 0 Å².